The number of likely N-dealkylation sites (N-methyl/N-ethyl adjacent to an activating group) is 1. The molecule has 46 heavy (non-hydrogen) atoms. The molecule has 1 aliphatic heterocycles. The van der Waals surface area contributed by atoms with Crippen LogP contribution in [-0.2, 0) is 20.7 Å². The lowest BCUT2D eigenvalue weighted by atomic mass is 10.0. The molecule has 0 radical (unpaired) electrons. The highest BCUT2D eigenvalue weighted by molar-refractivity contribution is 5.99. The molecule has 0 bridgehead atoms. The number of ether oxygens (including phenoxy) is 2. The molecular weight excluding hydrogens is 584 g/mol. The molecule has 0 saturated heterocycles. The van der Waals surface area contributed by atoms with Gasteiger partial charge in [0, 0.05) is 44.8 Å². The summed E-state index contributed by atoms with van der Waals surface area (Å²) in [5.41, 5.74) is 1.80. The number of fused-ring (bicyclic) bond motifs is 1. The highest BCUT2D eigenvalue weighted by Crippen LogP contribution is 2.28. The number of hydrogen-bond donors (Lipinski definition) is 2. The van der Waals surface area contributed by atoms with E-state index < -0.39 is 6.04 Å². The smallest absolute Gasteiger partial charge is 0.258 e. The van der Waals surface area contributed by atoms with Gasteiger partial charge >= 0.3 is 0 Å². The highest BCUT2D eigenvalue weighted by Gasteiger charge is 2.31. The number of carbonyl (C=O) groups is 3. The molecule has 2 aromatic rings. The minimum absolute atomic E-state index is 0.00532. The van der Waals surface area contributed by atoms with Gasteiger partial charge in [-0.2, -0.15) is 0 Å². The van der Waals surface area contributed by atoms with Crippen LogP contribution in [0.2, 0.25) is 0 Å². The molecule has 2 aromatic carbocycles. The van der Waals surface area contributed by atoms with Crippen LogP contribution in [0.5, 0.6) is 5.75 Å². The Morgan fingerprint density at radius 2 is 1.83 bits per heavy atom. The van der Waals surface area contributed by atoms with Crippen LogP contribution in [-0.4, -0.2) is 110 Å². The van der Waals surface area contributed by atoms with Crippen LogP contribution in [0.1, 0.15) is 68.8 Å². The molecular formula is C36H54N4O6. The van der Waals surface area contributed by atoms with E-state index in [4.69, 9.17) is 9.47 Å². The van der Waals surface area contributed by atoms with Gasteiger partial charge in [0.15, 0.2) is 0 Å². The van der Waals surface area contributed by atoms with E-state index >= 15 is 0 Å². The van der Waals surface area contributed by atoms with E-state index in [1.54, 1.807) is 42.0 Å². The lowest BCUT2D eigenvalue weighted by Crippen LogP contribution is -2.48. The standard InChI is InChI=1S/C36H54N4O6/c1-26-23-40(27(2)25-41)36(44)31-22-30(37-34(42)16-12-19-38(4)5)17-18-32(31)46-28(3)13-10-11-20-45-33(26)24-39(6)35(43)21-29-14-8-7-9-15-29/h7-9,14-15,17-18,22,26-28,33,41H,10-13,16,19-21,23-25H2,1-6H3,(H,37,42)/t26-,27+,28+,33-/m1/s1. The number of rotatable bonds is 11. The summed E-state index contributed by atoms with van der Waals surface area (Å²) in [7, 11) is 5.73. The van der Waals surface area contributed by atoms with E-state index in [1.807, 2.05) is 63.2 Å². The Hall–Kier alpha value is -3.47. The van der Waals surface area contributed by atoms with Crippen molar-refractivity contribution in [2.45, 2.75) is 77.5 Å². The Kier molecular flexibility index (Phi) is 15.0. The molecule has 10 nitrogen and oxygen atoms in total. The fourth-order valence-corrected chi connectivity index (χ4v) is 5.52. The van der Waals surface area contributed by atoms with Gasteiger partial charge in [-0.15, -0.1) is 0 Å². The van der Waals surface area contributed by atoms with Crippen LogP contribution in [0.25, 0.3) is 0 Å². The zero-order valence-corrected chi connectivity index (χ0v) is 28.5. The number of hydrogen-bond acceptors (Lipinski definition) is 7. The summed E-state index contributed by atoms with van der Waals surface area (Å²) in [5, 5.41) is 13.1. The van der Waals surface area contributed by atoms with Crippen molar-refractivity contribution in [3.05, 3.63) is 59.7 Å². The lowest BCUT2D eigenvalue weighted by molar-refractivity contribution is -0.131. The second kappa shape index (κ2) is 18.6. The summed E-state index contributed by atoms with van der Waals surface area (Å²) < 4.78 is 12.7. The lowest BCUT2D eigenvalue weighted by Gasteiger charge is -2.36. The molecule has 3 amide bonds. The minimum Gasteiger partial charge on any atom is -0.490 e. The zero-order chi connectivity index (χ0) is 33.6. The number of aliphatic hydroxyl groups is 1. The average Bonchev–Trinajstić information content (AvgIpc) is 3.02. The molecule has 10 heteroatoms. The Morgan fingerprint density at radius 3 is 2.52 bits per heavy atom. The largest absolute Gasteiger partial charge is 0.490 e. The second-order valence-corrected chi connectivity index (χ2v) is 12.9. The summed E-state index contributed by atoms with van der Waals surface area (Å²) in [6, 6.07) is 14.4. The van der Waals surface area contributed by atoms with Crippen molar-refractivity contribution in [1.82, 2.24) is 14.7 Å². The van der Waals surface area contributed by atoms with Gasteiger partial charge in [-0.25, -0.2) is 0 Å². The maximum atomic E-state index is 14.3. The van der Waals surface area contributed by atoms with Gasteiger partial charge in [-0.1, -0.05) is 37.3 Å². The predicted octanol–water partition coefficient (Wildman–Crippen LogP) is 4.46. The number of nitrogens with one attached hydrogen (secondary N) is 1. The third-order valence-electron chi connectivity index (χ3n) is 8.42. The molecule has 2 N–H and O–H groups in total. The highest BCUT2D eigenvalue weighted by atomic mass is 16.5. The van der Waals surface area contributed by atoms with Gasteiger partial charge < -0.3 is 34.6 Å². The van der Waals surface area contributed by atoms with Crippen molar-refractivity contribution in [2.24, 2.45) is 5.92 Å². The molecule has 3 rings (SSSR count). The van der Waals surface area contributed by atoms with Gasteiger partial charge in [-0.05, 0) is 83.9 Å². The van der Waals surface area contributed by atoms with E-state index in [-0.39, 0.29) is 42.5 Å². The van der Waals surface area contributed by atoms with Crippen molar-refractivity contribution in [2.75, 3.05) is 59.3 Å². The summed E-state index contributed by atoms with van der Waals surface area (Å²) in [4.78, 5) is 45.5. The Balaban J connectivity index is 1.86. The molecule has 1 heterocycles. The van der Waals surface area contributed by atoms with E-state index in [2.05, 4.69) is 5.32 Å². The second-order valence-electron chi connectivity index (χ2n) is 12.9. The molecule has 0 spiro atoms. The molecule has 254 valence electrons. The molecule has 0 saturated carbocycles. The summed E-state index contributed by atoms with van der Waals surface area (Å²) in [5.74, 6) is -0.139. The molecule has 0 unspecified atom stereocenters. The van der Waals surface area contributed by atoms with E-state index in [9.17, 15) is 19.5 Å². The van der Waals surface area contributed by atoms with Crippen molar-refractivity contribution in [3.8, 4) is 5.75 Å². The first-order valence-corrected chi connectivity index (χ1v) is 16.5. The van der Waals surface area contributed by atoms with Crippen LogP contribution in [0.3, 0.4) is 0 Å². The van der Waals surface area contributed by atoms with Gasteiger partial charge in [0.25, 0.3) is 5.91 Å². The van der Waals surface area contributed by atoms with Crippen LogP contribution >= 0.6 is 0 Å². The monoisotopic (exact) mass is 638 g/mol. The number of benzene rings is 2. The quantitative estimate of drug-likeness (QED) is 0.374. The summed E-state index contributed by atoms with van der Waals surface area (Å²) in [6.07, 6.45) is 3.39. The maximum Gasteiger partial charge on any atom is 0.258 e. The van der Waals surface area contributed by atoms with Gasteiger partial charge in [0.2, 0.25) is 11.8 Å². The van der Waals surface area contributed by atoms with Crippen LogP contribution in [0.4, 0.5) is 5.69 Å². The Labute approximate surface area is 275 Å². The third kappa shape index (κ3) is 11.7. The molecule has 0 fully saturated rings. The van der Waals surface area contributed by atoms with Gasteiger partial charge in [-0.3, -0.25) is 14.4 Å². The van der Waals surface area contributed by atoms with Crippen LogP contribution in [0, 0.1) is 5.92 Å². The van der Waals surface area contributed by atoms with E-state index in [0.717, 1.165) is 37.8 Å². The first-order chi connectivity index (χ1) is 22.0. The van der Waals surface area contributed by atoms with Crippen molar-refractivity contribution in [3.63, 3.8) is 0 Å². The summed E-state index contributed by atoms with van der Waals surface area (Å²) in [6.45, 7) is 7.57. The fraction of sp³-hybridized carbons (Fsp3) is 0.583. The average molecular weight is 639 g/mol. The number of anilines is 1. The number of carbonyl (C=O) groups excluding carboxylic acids is 3. The van der Waals surface area contributed by atoms with Crippen LogP contribution in [0.15, 0.2) is 48.5 Å². The number of aliphatic hydroxyl groups excluding tert-OH is 1. The van der Waals surface area contributed by atoms with Crippen LogP contribution < -0.4 is 10.1 Å². The Bertz CT molecular complexity index is 1260. The molecule has 4 atom stereocenters. The zero-order valence-electron chi connectivity index (χ0n) is 28.5. The maximum absolute atomic E-state index is 14.3. The van der Waals surface area contributed by atoms with Gasteiger partial charge in [0.05, 0.1) is 36.8 Å². The number of amides is 3. The van der Waals surface area contributed by atoms with Crippen molar-refractivity contribution < 1.29 is 29.0 Å². The summed E-state index contributed by atoms with van der Waals surface area (Å²) >= 11 is 0. The minimum atomic E-state index is -0.490. The van der Waals surface area contributed by atoms with E-state index in [1.165, 1.54) is 0 Å². The predicted molar refractivity (Wildman–Crippen MR) is 181 cm³/mol. The fourth-order valence-electron chi connectivity index (χ4n) is 5.52. The topological polar surface area (TPSA) is 112 Å². The third-order valence-corrected chi connectivity index (χ3v) is 8.42. The van der Waals surface area contributed by atoms with Gasteiger partial charge in [0.1, 0.15) is 5.75 Å². The van der Waals surface area contributed by atoms with Crippen molar-refractivity contribution >= 4 is 23.4 Å². The first kappa shape index (κ1) is 37.0. The molecule has 0 aromatic heterocycles. The number of nitrogens with zero attached hydrogens (tertiary/aromatic N) is 3. The first-order valence-electron chi connectivity index (χ1n) is 16.5. The molecule has 0 aliphatic carbocycles. The normalized spacial score (nSPS) is 20.3. The van der Waals surface area contributed by atoms with Crippen molar-refractivity contribution in [1.29, 1.82) is 0 Å². The van der Waals surface area contributed by atoms with E-state index in [0.29, 0.717) is 49.5 Å². The molecule has 1 aliphatic rings. The Morgan fingerprint density at radius 1 is 1.09 bits per heavy atom. The SMILES string of the molecule is C[C@@H]1CN([C@@H](C)CO)C(=O)c2cc(NC(=O)CCCN(C)C)ccc2O[C@@H](C)CCCCO[C@@H]1CN(C)C(=O)Cc1ccccc1.